The summed E-state index contributed by atoms with van der Waals surface area (Å²) in [5, 5.41) is 9.25. The van der Waals surface area contributed by atoms with Gasteiger partial charge in [-0.05, 0) is 6.42 Å². The number of rotatable bonds is 2. The largest absolute Gasteiger partial charge is 0.344 e. The van der Waals surface area contributed by atoms with E-state index in [1.165, 1.54) is 12.7 Å². The molecule has 10 heteroatoms. The van der Waals surface area contributed by atoms with Crippen molar-refractivity contribution in [1.82, 2.24) is 20.2 Å². The van der Waals surface area contributed by atoms with Gasteiger partial charge in [-0.25, -0.2) is 13.1 Å². The molecule has 2 rings (SSSR count). The first kappa shape index (κ1) is 12.5. The highest BCUT2D eigenvalue weighted by Crippen LogP contribution is 2.10. The fourth-order valence-corrected chi connectivity index (χ4v) is 3.26. The van der Waals surface area contributed by atoms with Crippen molar-refractivity contribution in [2.45, 2.75) is 12.5 Å². The van der Waals surface area contributed by atoms with Gasteiger partial charge in [0.05, 0.1) is 11.5 Å². The Morgan fingerprint density at radius 3 is 2.44 bits per heavy atom. The molecule has 0 saturated carbocycles. The summed E-state index contributed by atoms with van der Waals surface area (Å²) < 4.78 is 23.5. The lowest BCUT2D eigenvalue weighted by atomic mass is 10.2. The van der Waals surface area contributed by atoms with Crippen LogP contribution >= 0.6 is 0 Å². The highest BCUT2D eigenvalue weighted by Gasteiger charge is 2.30. The molecule has 2 N–H and O–H groups in total. The van der Waals surface area contributed by atoms with Gasteiger partial charge in [0.25, 0.3) is 0 Å². The monoisotopic (exact) mass is 273 g/mol. The van der Waals surface area contributed by atoms with Crippen LogP contribution in [0.5, 0.6) is 0 Å². The van der Waals surface area contributed by atoms with Gasteiger partial charge in [-0.3, -0.25) is 15.0 Å². The van der Waals surface area contributed by atoms with Gasteiger partial charge in [-0.15, -0.1) is 10.2 Å². The van der Waals surface area contributed by atoms with Crippen LogP contribution in [0.4, 0.5) is 0 Å². The number of carbonyl (C=O) groups excluding carboxylic acids is 2. The van der Waals surface area contributed by atoms with E-state index in [1.54, 1.807) is 0 Å². The van der Waals surface area contributed by atoms with Crippen LogP contribution < -0.4 is 10.7 Å². The van der Waals surface area contributed by atoms with Crippen molar-refractivity contribution in [3.8, 4) is 0 Å². The third-order valence-electron chi connectivity index (χ3n) is 2.42. The summed E-state index contributed by atoms with van der Waals surface area (Å²) in [6.45, 7) is 0. The second-order valence-electron chi connectivity index (χ2n) is 3.88. The molecule has 9 nitrogen and oxygen atoms in total. The second kappa shape index (κ2) is 4.72. The van der Waals surface area contributed by atoms with Gasteiger partial charge in [0.1, 0.15) is 12.7 Å². The first-order valence-electron chi connectivity index (χ1n) is 5.13. The number of amides is 2. The lowest BCUT2D eigenvalue weighted by Crippen LogP contribution is -2.44. The van der Waals surface area contributed by atoms with Crippen molar-refractivity contribution >= 4 is 21.7 Å². The van der Waals surface area contributed by atoms with Crippen LogP contribution in [0.1, 0.15) is 6.42 Å². The quantitative estimate of drug-likeness (QED) is 0.582. The number of hydrogen-bond donors (Lipinski definition) is 2. The summed E-state index contributed by atoms with van der Waals surface area (Å²) in [5.74, 6) is -1.88. The van der Waals surface area contributed by atoms with Crippen LogP contribution in [-0.2, 0) is 19.4 Å². The number of carbonyl (C=O) groups is 2. The van der Waals surface area contributed by atoms with E-state index in [9.17, 15) is 18.0 Å². The Bertz CT molecular complexity index is 552. The zero-order valence-electron chi connectivity index (χ0n) is 9.24. The predicted octanol–water partition coefficient (Wildman–Crippen LogP) is -2.35. The zero-order valence-corrected chi connectivity index (χ0v) is 10.1. The summed E-state index contributed by atoms with van der Waals surface area (Å²) in [5.41, 5.74) is 2.21. The van der Waals surface area contributed by atoms with E-state index in [0.717, 1.165) is 4.68 Å². The Morgan fingerprint density at radius 2 is 1.89 bits per heavy atom. The maximum Gasteiger partial charge on any atom is 0.328 e. The molecular weight excluding hydrogens is 262 g/mol. The van der Waals surface area contributed by atoms with Crippen molar-refractivity contribution in [3.63, 3.8) is 0 Å². The first-order valence-corrected chi connectivity index (χ1v) is 6.95. The summed E-state index contributed by atoms with van der Waals surface area (Å²) in [7, 11) is -3.09. The molecule has 0 aliphatic carbocycles. The van der Waals surface area contributed by atoms with Gasteiger partial charge < -0.3 is 5.32 Å². The van der Waals surface area contributed by atoms with Gasteiger partial charge in [0, 0.05) is 6.04 Å². The normalized spacial score (nSPS) is 21.4. The Kier molecular flexibility index (Phi) is 3.28. The maximum atomic E-state index is 11.5. The van der Waals surface area contributed by atoms with Gasteiger partial charge in [0.2, 0.25) is 0 Å². The number of hydrogen-bond acceptors (Lipinski definition) is 6. The van der Waals surface area contributed by atoms with Gasteiger partial charge in [-0.1, -0.05) is 0 Å². The third-order valence-corrected chi connectivity index (χ3v) is 4.19. The lowest BCUT2D eigenvalue weighted by Gasteiger charge is -2.10. The fourth-order valence-electron chi connectivity index (χ4n) is 1.59. The smallest absolute Gasteiger partial charge is 0.328 e. The number of nitrogens with one attached hydrogen (secondary N) is 2. The average Bonchev–Trinajstić information content (AvgIpc) is 2.88. The SMILES string of the molecule is O=C(NC1CCS(=O)(=O)C1)C(=O)Nn1cnnc1. The lowest BCUT2D eigenvalue weighted by molar-refractivity contribution is -0.137. The molecule has 18 heavy (non-hydrogen) atoms. The molecular formula is C8H11N5O4S. The second-order valence-corrected chi connectivity index (χ2v) is 6.11. The minimum atomic E-state index is -3.09. The average molecular weight is 273 g/mol. The van der Waals surface area contributed by atoms with Crippen molar-refractivity contribution < 1.29 is 18.0 Å². The Balaban J connectivity index is 1.87. The molecule has 98 valence electrons. The van der Waals surface area contributed by atoms with Crippen molar-refractivity contribution in [2.75, 3.05) is 16.9 Å². The van der Waals surface area contributed by atoms with E-state index in [0.29, 0.717) is 6.42 Å². The highest BCUT2D eigenvalue weighted by atomic mass is 32.2. The van der Waals surface area contributed by atoms with E-state index in [-0.39, 0.29) is 11.5 Å². The van der Waals surface area contributed by atoms with E-state index in [4.69, 9.17) is 0 Å². The van der Waals surface area contributed by atoms with Crippen molar-refractivity contribution in [3.05, 3.63) is 12.7 Å². The molecule has 0 bridgehead atoms. The van der Waals surface area contributed by atoms with Gasteiger partial charge in [0.15, 0.2) is 9.84 Å². The highest BCUT2D eigenvalue weighted by molar-refractivity contribution is 7.91. The van der Waals surface area contributed by atoms with Crippen LogP contribution in [0, 0.1) is 0 Å². The van der Waals surface area contributed by atoms with Crippen molar-refractivity contribution in [2.24, 2.45) is 0 Å². The number of sulfone groups is 1. The molecule has 1 aliphatic heterocycles. The third kappa shape index (κ3) is 3.03. The molecule has 1 aromatic rings. The van der Waals surface area contributed by atoms with Gasteiger partial charge in [-0.2, -0.15) is 0 Å². The van der Waals surface area contributed by atoms with Crippen LogP contribution in [-0.4, -0.2) is 52.7 Å². The van der Waals surface area contributed by atoms with Gasteiger partial charge >= 0.3 is 11.8 Å². The minimum Gasteiger partial charge on any atom is -0.344 e. The van der Waals surface area contributed by atoms with E-state index < -0.39 is 27.7 Å². The minimum absolute atomic E-state index is 0.0327. The van der Waals surface area contributed by atoms with E-state index >= 15 is 0 Å². The predicted molar refractivity (Wildman–Crippen MR) is 59.6 cm³/mol. The molecule has 2 amide bonds. The van der Waals surface area contributed by atoms with Crippen LogP contribution in [0.2, 0.25) is 0 Å². The molecule has 0 radical (unpaired) electrons. The Morgan fingerprint density at radius 1 is 1.22 bits per heavy atom. The Labute approximate surface area is 102 Å². The fraction of sp³-hybridized carbons (Fsp3) is 0.500. The van der Waals surface area contributed by atoms with Crippen molar-refractivity contribution in [1.29, 1.82) is 0 Å². The molecule has 1 atom stereocenters. The van der Waals surface area contributed by atoms with Crippen LogP contribution in [0.25, 0.3) is 0 Å². The first-order chi connectivity index (χ1) is 8.46. The summed E-state index contributed by atoms with van der Waals surface area (Å²) in [4.78, 5) is 22.9. The molecule has 2 heterocycles. The van der Waals surface area contributed by atoms with Crippen LogP contribution in [0.15, 0.2) is 12.7 Å². The molecule has 0 spiro atoms. The molecule has 1 unspecified atom stereocenters. The molecule has 0 aromatic carbocycles. The number of nitrogens with zero attached hydrogens (tertiary/aromatic N) is 3. The van der Waals surface area contributed by atoms with E-state index in [2.05, 4.69) is 20.9 Å². The topological polar surface area (TPSA) is 123 Å². The standard InChI is InChI=1S/C8H11N5O4S/c14-7(8(15)12-13-4-9-10-5-13)11-6-1-2-18(16,17)3-6/h4-6H,1-3H2,(H,11,14)(H,12,15). The van der Waals surface area contributed by atoms with E-state index in [1.807, 2.05) is 0 Å². The summed E-state index contributed by atoms with van der Waals surface area (Å²) in [6, 6.07) is -0.505. The summed E-state index contributed by atoms with van der Waals surface area (Å²) >= 11 is 0. The number of aromatic nitrogens is 3. The molecule has 1 aliphatic rings. The Hall–Kier alpha value is -1.97. The summed E-state index contributed by atoms with van der Waals surface area (Å²) in [6.07, 6.45) is 2.75. The van der Waals surface area contributed by atoms with Crippen LogP contribution in [0.3, 0.4) is 0 Å². The molecule has 1 saturated heterocycles. The maximum absolute atomic E-state index is 11.5. The molecule has 1 aromatic heterocycles. The molecule has 1 fully saturated rings. The zero-order chi connectivity index (χ0) is 13.2.